The van der Waals surface area contributed by atoms with Crippen molar-refractivity contribution >= 4 is 29.2 Å². The van der Waals surface area contributed by atoms with Gasteiger partial charge in [-0.05, 0) is 25.0 Å². The summed E-state index contributed by atoms with van der Waals surface area (Å²) in [7, 11) is 0. The Balaban J connectivity index is 1.77. The topological polar surface area (TPSA) is 87.5 Å². The number of urea groups is 1. The van der Waals surface area contributed by atoms with Gasteiger partial charge >= 0.3 is 6.03 Å². The number of nitrogens with zero attached hydrogens (tertiary/aromatic N) is 1. The zero-order chi connectivity index (χ0) is 15.2. The molecule has 0 aliphatic carbocycles. The van der Waals surface area contributed by atoms with Crippen LogP contribution in [0.15, 0.2) is 24.3 Å². The van der Waals surface area contributed by atoms with Crippen LogP contribution in [0, 0.1) is 0 Å². The van der Waals surface area contributed by atoms with Gasteiger partial charge in [-0.3, -0.25) is 15.0 Å². The van der Waals surface area contributed by atoms with Gasteiger partial charge in [0, 0.05) is 19.1 Å². The van der Waals surface area contributed by atoms with Crippen LogP contribution in [-0.4, -0.2) is 42.5 Å². The van der Waals surface area contributed by atoms with Gasteiger partial charge in [-0.25, -0.2) is 4.79 Å². The molecule has 3 amide bonds. The maximum Gasteiger partial charge on any atom is 0.318 e. The number of hydrogen-bond donors (Lipinski definition) is 3. The minimum Gasteiger partial charge on any atom is -0.381 e. The number of imide groups is 1. The van der Waals surface area contributed by atoms with Crippen LogP contribution in [0.25, 0.3) is 0 Å². The van der Waals surface area contributed by atoms with E-state index in [2.05, 4.69) is 10.6 Å². The highest BCUT2D eigenvalue weighted by Gasteiger charge is 2.21. The number of piperidine rings is 1. The first-order valence-electron chi connectivity index (χ1n) is 6.87. The van der Waals surface area contributed by atoms with Crippen molar-refractivity contribution in [2.75, 3.05) is 25.0 Å². The number of rotatable bonds is 4. The number of para-hydroxylation sites is 1. The lowest BCUT2D eigenvalue weighted by Gasteiger charge is -2.32. The number of carbonyl (C=O) groups excluding carboxylic acids is 2. The Hall–Kier alpha value is -1.79. The molecule has 1 aliphatic rings. The summed E-state index contributed by atoms with van der Waals surface area (Å²) in [5.41, 5.74) is 5.84. The molecule has 1 aromatic carbocycles. The molecular weight excluding hydrogens is 292 g/mol. The molecule has 1 heterocycles. The van der Waals surface area contributed by atoms with E-state index >= 15 is 0 Å². The van der Waals surface area contributed by atoms with Crippen LogP contribution < -0.4 is 16.4 Å². The number of amides is 3. The summed E-state index contributed by atoms with van der Waals surface area (Å²) in [4.78, 5) is 24.0. The van der Waals surface area contributed by atoms with Crippen molar-refractivity contribution in [3.8, 4) is 0 Å². The molecule has 1 aromatic rings. The fourth-order valence-corrected chi connectivity index (χ4v) is 2.60. The summed E-state index contributed by atoms with van der Waals surface area (Å²) < 4.78 is 0. The Morgan fingerprint density at radius 2 is 1.95 bits per heavy atom. The van der Waals surface area contributed by atoms with Gasteiger partial charge in [-0.2, -0.15) is 0 Å². The van der Waals surface area contributed by atoms with Crippen molar-refractivity contribution in [1.29, 1.82) is 0 Å². The highest BCUT2D eigenvalue weighted by atomic mass is 35.5. The normalized spacial score (nSPS) is 16.4. The molecule has 21 heavy (non-hydrogen) atoms. The van der Waals surface area contributed by atoms with Crippen molar-refractivity contribution < 1.29 is 9.59 Å². The van der Waals surface area contributed by atoms with Crippen molar-refractivity contribution in [2.24, 2.45) is 5.73 Å². The van der Waals surface area contributed by atoms with E-state index in [1.54, 1.807) is 0 Å². The molecule has 0 bridgehead atoms. The number of nitrogens with two attached hydrogens (primary N) is 1. The summed E-state index contributed by atoms with van der Waals surface area (Å²) in [6.07, 6.45) is 1.82. The van der Waals surface area contributed by atoms with E-state index in [4.69, 9.17) is 17.3 Å². The molecule has 1 saturated heterocycles. The van der Waals surface area contributed by atoms with Crippen molar-refractivity contribution in [3.63, 3.8) is 0 Å². The number of benzene rings is 1. The molecule has 0 unspecified atom stereocenters. The lowest BCUT2D eigenvalue weighted by atomic mass is 10.0. The minimum absolute atomic E-state index is 0.196. The van der Waals surface area contributed by atoms with Crippen LogP contribution in [0.3, 0.4) is 0 Å². The van der Waals surface area contributed by atoms with E-state index in [0.29, 0.717) is 11.1 Å². The third-order valence-electron chi connectivity index (χ3n) is 3.45. The number of halogens is 1. The predicted octanol–water partition coefficient (Wildman–Crippen LogP) is 1.41. The molecule has 0 spiro atoms. The fraction of sp³-hybridized carbons (Fsp3) is 0.429. The monoisotopic (exact) mass is 310 g/mol. The summed E-state index contributed by atoms with van der Waals surface area (Å²) in [6.45, 7) is 1.77. The van der Waals surface area contributed by atoms with Gasteiger partial charge in [-0.1, -0.05) is 23.7 Å². The molecule has 0 saturated carbocycles. The van der Waals surface area contributed by atoms with Crippen molar-refractivity contribution in [3.05, 3.63) is 29.3 Å². The third kappa shape index (κ3) is 4.91. The Bertz CT molecular complexity index is 515. The molecule has 0 radical (unpaired) electrons. The first kappa shape index (κ1) is 15.6. The molecule has 2 rings (SSSR count). The van der Waals surface area contributed by atoms with Gasteiger partial charge in [0.05, 0.1) is 17.3 Å². The summed E-state index contributed by atoms with van der Waals surface area (Å²) in [6, 6.07) is 7.17. The second-order valence-corrected chi connectivity index (χ2v) is 5.49. The lowest BCUT2D eigenvalue weighted by molar-refractivity contribution is -0.121. The Morgan fingerprint density at radius 3 is 2.57 bits per heavy atom. The zero-order valence-corrected chi connectivity index (χ0v) is 12.4. The molecule has 7 heteroatoms. The van der Waals surface area contributed by atoms with E-state index in [9.17, 15) is 9.59 Å². The molecular formula is C14H19ClN4O2. The average Bonchev–Trinajstić information content (AvgIpc) is 2.42. The molecule has 6 nitrogen and oxygen atoms in total. The molecule has 0 atom stereocenters. The summed E-state index contributed by atoms with van der Waals surface area (Å²) >= 11 is 6.12. The highest BCUT2D eigenvalue weighted by Crippen LogP contribution is 2.23. The van der Waals surface area contributed by atoms with Crippen molar-refractivity contribution in [2.45, 2.75) is 18.9 Å². The van der Waals surface area contributed by atoms with E-state index in [-0.39, 0.29) is 12.5 Å². The number of hydrogen-bond acceptors (Lipinski definition) is 4. The molecule has 0 aromatic heterocycles. The second-order valence-electron chi connectivity index (χ2n) is 5.09. The Kier molecular flexibility index (Phi) is 5.41. The number of carbonyl (C=O) groups is 2. The summed E-state index contributed by atoms with van der Waals surface area (Å²) in [5.74, 6) is -0.361. The predicted molar refractivity (Wildman–Crippen MR) is 82.3 cm³/mol. The van der Waals surface area contributed by atoms with Gasteiger partial charge in [0.15, 0.2) is 0 Å². The average molecular weight is 311 g/mol. The molecule has 1 fully saturated rings. The summed E-state index contributed by atoms with van der Waals surface area (Å²) in [5, 5.41) is 6.20. The second kappa shape index (κ2) is 7.28. The maximum atomic E-state index is 11.5. The SMILES string of the molecule is NC(=O)NC(=O)CN1CCC(Nc2ccccc2Cl)CC1. The van der Waals surface area contributed by atoms with Gasteiger partial charge in [0.25, 0.3) is 0 Å². The number of likely N-dealkylation sites (tertiary alicyclic amines) is 1. The van der Waals surface area contributed by atoms with Gasteiger partial charge in [0.1, 0.15) is 0 Å². The van der Waals surface area contributed by atoms with Crippen LogP contribution in [0.5, 0.6) is 0 Å². The molecule has 4 N–H and O–H groups in total. The number of primary amides is 1. The van der Waals surface area contributed by atoms with Crippen LogP contribution >= 0.6 is 11.6 Å². The van der Waals surface area contributed by atoms with E-state index in [0.717, 1.165) is 31.6 Å². The van der Waals surface area contributed by atoms with Crippen LogP contribution in [0.4, 0.5) is 10.5 Å². The van der Waals surface area contributed by atoms with E-state index in [1.165, 1.54) is 0 Å². The number of nitrogens with one attached hydrogen (secondary N) is 2. The molecule has 1 aliphatic heterocycles. The van der Waals surface area contributed by atoms with E-state index in [1.807, 2.05) is 29.2 Å². The third-order valence-corrected chi connectivity index (χ3v) is 3.78. The van der Waals surface area contributed by atoms with E-state index < -0.39 is 6.03 Å². The van der Waals surface area contributed by atoms with Crippen LogP contribution in [0.1, 0.15) is 12.8 Å². The van der Waals surface area contributed by atoms with Crippen molar-refractivity contribution in [1.82, 2.24) is 10.2 Å². The fourth-order valence-electron chi connectivity index (χ4n) is 2.41. The van der Waals surface area contributed by atoms with Crippen LogP contribution in [0.2, 0.25) is 5.02 Å². The zero-order valence-electron chi connectivity index (χ0n) is 11.6. The smallest absolute Gasteiger partial charge is 0.318 e. The first-order valence-corrected chi connectivity index (χ1v) is 7.25. The Morgan fingerprint density at radius 1 is 1.29 bits per heavy atom. The standard InChI is InChI=1S/C14H19ClN4O2/c15-11-3-1-2-4-12(11)17-10-5-7-19(8-6-10)9-13(20)18-14(16)21/h1-4,10,17H,5-9H2,(H3,16,18,20,21). The maximum absolute atomic E-state index is 11.5. The number of anilines is 1. The quantitative estimate of drug-likeness (QED) is 0.784. The largest absolute Gasteiger partial charge is 0.381 e. The van der Waals surface area contributed by atoms with Crippen LogP contribution in [-0.2, 0) is 4.79 Å². The van der Waals surface area contributed by atoms with Gasteiger partial charge < -0.3 is 11.1 Å². The highest BCUT2D eigenvalue weighted by molar-refractivity contribution is 6.33. The minimum atomic E-state index is -0.810. The van der Waals surface area contributed by atoms with Gasteiger partial charge in [-0.15, -0.1) is 0 Å². The van der Waals surface area contributed by atoms with Gasteiger partial charge in [0.2, 0.25) is 5.91 Å². The lowest BCUT2D eigenvalue weighted by Crippen LogP contribution is -2.46. The first-order chi connectivity index (χ1) is 10.0. The molecule has 114 valence electrons. The Labute approximate surface area is 128 Å².